The van der Waals surface area contributed by atoms with Gasteiger partial charge in [0.25, 0.3) is 0 Å². The molecule has 1 aliphatic rings. The van der Waals surface area contributed by atoms with E-state index >= 15 is 0 Å². The van der Waals surface area contributed by atoms with Gasteiger partial charge in [0.15, 0.2) is 0 Å². The van der Waals surface area contributed by atoms with Gasteiger partial charge in [0.1, 0.15) is 5.82 Å². The first kappa shape index (κ1) is 21.2. The highest BCUT2D eigenvalue weighted by Gasteiger charge is 2.25. The van der Waals surface area contributed by atoms with E-state index in [0.29, 0.717) is 12.5 Å². The minimum Gasteiger partial charge on any atom is -0.341 e. The van der Waals surface area contributed by atoms with Crippen molar-refractivity contribution < 1.29 is 4.79 Å². The molecule has 22 heavy (non-hydrogen) atoms. The van der Waals surface area contributed by atoms with Crippen molar-refractivity contribution in [2.24, 2.45) is 5.73 Å². The highest BCUT2D eigenvalue weighted by molar-refractivity contribution is 5.85. The molecule has 2 N–H and O–H groups in total. The third-order valence-electron chi connectivity index (χ3n) is 4.02. The monoisotopic (exact) mass is 350 g/mol. The predicted octanol–water partition coefficient (Wildman–Crippen LogP) is 2.58. The summed E-state index contributed by atoms with van der Waals surface area (Å²) in [5, 5.41) is 0. The number of aryl methyl sites for hydroxylation is 1. The van der Waals surface area contributed by atoms with Crippen LogP contribution in [0.15, 0.2) is 12.4 Å². The van der Waals surface area contributed by atoms with Crippen LogP contribution in [0.3, 0.4) is 0 Å². The van der Waals surface area contributed by atoms with Crippen LogP contribution < -0.4 is 5.73 Å². The van der Waals surface area contributed by atoms with Crippen LogP contribution in [0, 0.1) is 0 Å². The Morgan fingerprint density at radius 3 is 2.86 bits per heavy atom. The summed E-state index contributed by atoms with van der Waals surface area (Å²) in [5.74, 6) is 1.35. The molecule has 128 valence electrons. The van der Waals surface area contributed by atoms with Crippen molar-refractivity contribution in [3.05, 3.63) is 18.2 Å². The molecular formula is C15H28Cl2N4O. The van der Waals surface area contributed by atoms with Crippen LogP contribution in [0.5, 0.6) is 0 Å². The first-order valence-electron chi connectivity index (χ1n) is 7.66. The molecule has 0 saturated carbocycles. The number of halogens is 2. The number of rotatable bonds is 5. The summed E-state index contributed by atoms with van der Waals surface area (Å²) in [7, 11) is 0. The summed E-state index contributed by atoms with van der Waals surface area (Å²) in [6.07, 6.45) is 8.36. The molecule has 0 bridgehead atoms. The molecule has 0 aliphatic carbocycles. The summed E-state index contributed by atoms with van der Waals surface area (Å²) in [6, 6.07) is 0.473. The van der Waals surface area contributed by atoms with Gasteiger partial charge < -0.3 is 15.2 Å². The number of likely N-dealkylation sites (tertiary alicyclic amines) is 1. The zero-order chi connectivity index (χ0) is 14.5. The number of piperidine rings is 1. The van der Waals surface area contributed by atoms with Gasteiger partial charge in [-0.2, -0.15) is 0 Å². The van der Waals surface area contributed by atoms with E-state index in [1.165, 1.54) is 0 Å². The molecule has 0 aromatic carbocycles. The molecule has 2 rings (SSSR count). The third-order valence-corrected chi connectivity index (χ3v) is 4.02. The van der Waals surface area contributed by atoms with Crippen molar-refractivity contribution in [2.45, 2.75) is 58.0 Å². The standard InChI is InChI=1S/C15H26N4O.2ClH/c1-3-14-17-8-10-19(14)13-5-4-9-18(11-13)15(20)7-6-12(2)16;;/h8,10,12-13H,3-7,9,11,16H2,1-2H3;2*1H. The number of carbonyl (C=O) groups is 1. The van der Waals surface area contributed by atoms with Crippen molar-refractivity contribution in [2.75, 3.05) is 13.1 Å². The van der Waals surface area contributed by atoms with Gasteiger partial charge in [-0.15, -0.1) is 24.8 Å². The highest BCUT2D eigenvalue weighted by Crippen LogP contribution is 2.23. The number of amides is 1. The van der Waals surface area contributed by atoms with E-state index in [0.717, 1.165) is 44.6 Å². The molecule has 1 aromatic rings. The Bertz CT molecular complexity index is 451. The van der Waals surface area contributed by atoms with E-state index in [4.69, 9.17) is 5.73 Å². The van der Waals surface area contributed by atoms with Gasteiger partial charge >= 0.3 is 0 Å². The number of aromatic nitrogens is 2. The lowest BCUT2D eigenvalue weighted by Crippen LogP contribution is -2.41. The van der Waals surface area contributed by atoms with Crippen LogP contribution in [0.1, 0.15) is 51.4 Å². The molecule has 2 heterocycles. The topological polar surface area (TPSA) is 64.2 Å². The smallest absolute Gasteiger partial charge is 0.222 e. The average molecular weight is 351 g/mol. The van der Waals surface area contributed by atoms with E-state index in [-0.39, 0.29) is 36.8 Å². The lowest BCUT2D eigenvalue weighted by Gasteiger charge is -2.34. The van der Waals surface area contributed by atoms with Gasteiger partial charge in [-0.1, -0.05) is 6.92 Å². The summed E-state index contributed by atoms with van der Waals surface area (Å²) in [5.41, 5.74) is 5.73. The van der Waals surface area contributed by atoms with Gasteiger partial charge in [0.2, 0.25) is 5.91 Å². The highest BCUT2D eigenvalue weighted by atomic mass is 35.5. The van der Waals surface area contributed by atoms with Gasteiger partial charge in [0, 0.05) is 44.4 Å². The van der Waals surface area contributed by atoms with E-state index < -0.39 is 0 Å². The minimum atomic E-state index is 0. The van der Waals surface area contributed by atoms with Crippen LogP contribution in [-0.4, -0.2) is 39.5 Å². The summed E-state index contributed by atoms with van der Waals surface area (Å²) in [4.78, 5) is 18.6. The molecule has 0 radical (unpaired) electrons. The first-order chi connectivity index (χ1) is 9.61. The summed E-state index contributed by atoms with van der Waals surface area (Å²) in [6.45, 7) is 5.75. The molecule has 2 atom stereocenters. The Kier molecular flexibility index (Phi) is 9.72. The van der Waals surface area contributed by atoms with E-state index in [9.17, 15) is 4.79 Å². The lowest BCUT2D eigenvalue weighted by molar-refractivity contribution is -0.133. The lowest BCUT2D eigenvalue weighted by atomic mass is 10.0. The van der Waals surface area contributed by atoms with E-state index in [2.05, 4.69) is 16.5 Å². The number of nitrogens with two attached hydrogens (primary N) is 1. The van der Waals surface area contributed by atoms with Gasteiger partial charge in [-0.25, -0.2) is 4.98 Å². The quantitative estimate of drug-likeness (QED) is 0.887. The molecule has 1 aliphatic heterocycles. The van der Waals surface area contributed by atoms with Crippen LogP contribution >= 0.6 is 24.8 Å². The van der Waals surface area contributed by atoms with Gasteiger partial charge in [0.05, 0.1) is 6.04 Å². The zero-order valence-electron chi connectivity index (χ0n) is 13.4. The second kappa shape index (κ2) is 10.1. The van der Waals surface area contributed by atoms with Crippen molar-refractivity contribution in [3.63, 3.8) is 0 Å². The fourth-order valence-electron chi connectivity index (χ4n) is 2.87. The SMILES string of the molecule is CCc1nccn1C1CCCN(C(=O)CCC(C)N)C1.Cl.Cl. The van der Waals surface area contributed by atoms with Crippen LogP contribution in [-0.2, 0) is 11.2 Å². The maximum absolute atomic E-state index is 12.2. The van der Waals surface area contributed by atoms with Gasteiger partial charge in [-0.3, -0.25) is 4.79 Å². The van der Waals surface area contributed by atoms with Crippen LogP contribution in [0.4, 0.5) is 0 Å². The summed E-state index contributed by atoms with van der Waals surface area (Å²) < 4.78 is 2.24. The summed E-state index contributed by atoms with van der Waals surface area (Å²) >= 11 is 0. The fourth-order valence-corrected chi connectivity index (χ4v) is 2.87. The van der Waals surface area contributed by atoms with Crippen molar-refractivity contribution >= 4 is 30.7 Å². The fraction of sp³-hybridized carbons (Fsp3) is 0.733. The predicted molar refractivity (Wildman–Crippen MR) is 93.8 cm³/mol. The number of hydrogen-bond acceptors (Lipinski definition) is 3. The molecular weight excluding hydrogens is 323 g/mol. The molecule has 0 spiro atoms. The molecule has 7 heteroatoms. The Balaban J connectivity index is 0.00000220. The normalized spacial score (nSPS) is 19.0. The van der Waals surface area contributed by atoms with Gasteiger partial charge in [-0.05, 0) is 26.2 Å². The molecule has 1 fully saturated rings. The number of carbonyl (C=O) groups excluding carboxylic acids is 1. The van der Waals surface area contributed by atoms with Crippen LogP contribution in [0.2, 0.25) is 0 Å². The molecule has 5 nitrogen and oxygen atoms in total. The number of nitrogens with zero attached hydrogens (tertiary/aromatic N) is 3. The molecule has 2 unspecified atom stereocenters. The third kappa shape index (κ3) is 5.45. The van der Waals surface area contributed by atoms with Crippen molar-refractivity contribution in [3.8, 4) is 0 Å². The molecule has 1 aromatic heterocycles. The average Bonchev–Trinajstić information content (AvgIpc) is 2.93. The maximum atomic E-state index is 12.2. The Morgan fingerprint density at radius 1 is 1.50 bits per heavy atom. The van der Waals surface area contributed by atoms with Crippen molar-refractivity contribution in [1.82, 2.24) is 14.5 Å². The first-order valence-corrected chi connectivity index (χ1v) is 7.66. The van der Waals surface area contributed by atoms with E-state index in [1.807, 2.05) is 24.2 Å². The minimum absolute atomic E-state index is 0. The Morgan fingerprint density at radius 2 is 2.23 bits per heavy atom. The number of imidazole rings is 1. The van der Waals surface area contributed by atoms with E-state index in [1.54, 1.807) is 0 Å². The molecule has 1 amide bonds. The second-order valence-electron chi connectivity index (χ2n) is 5.76. The Labute approximate surface area is 145 Å². The maximum Gasteiger partial charge on any atom is 0.222 e. The second-order valence-corrected chi connectivity index (χ2v) is 5.76. The van der Waals surface area contributed by atoms with Crippen LogP contribution in [0.25, 0.3) is 0 Å². The van der Waals surface area contributed by atoms with Crippen molar-refractivity contribution in [1.29, 1.82) is 0 Å². The largest absolute Gasteiger partial charge is 0.341 e. The number of hydrogen-bond donors (Lipinski definition) is 1. The molecule has 1 saturated heterocycles. The Hall–Kier alpha value is -0.780. The zero-order valence-corrected chi connectivity index (χ0v) is 15.0.